The fraction of sp³-hybridized carbons (Fsp3) is 0.364. The lowest BCUT2D eigenvalue weighted by atomic mass is 10.3. The molecule has 0 amide bonds. The van der Waals surface area contributed by atoms with Crippen LogP contribution in [-0.4, -0.2) is 24.7 Å². The number of hydrogen-bond donors (Lipinski definition) is 2. The van der Waals surface area contributed by atoms with Gasteiger partial charge in [0.2, 0.25) is 0 Å². The summed E-state index contributed by atoms with van der Waals surface area (Å²) < 4.78 is 6.23. The summed E-state index contributed by atoms with van der Waals surface area (Å²) in [6, 6.07) is 0. The molecule has 0 fully saturated rings. The minimum atomic E-state index is 0.625. The molecule has 0 saturated carbocycles. The maximum atomic E-state index is 5.77. The van der Waals surface area contributed by atoms with Crippen molar-refractivity contribution in [3.8, 4) is 0 Å². The molecule has 0 aromatic carbocycles. The number of hydrogen-bond acceptors (Lipinski definition) is 4. The first kappa shape index (κ1) is 13.0. The second-order valence-corrected chi connectivity index (χ2v) is 4.06. The van der Waals surface area contributed by atoms with Crippen LogP contribution in [0.3, 0.4) is 0 Å². The van der Waals surface area contributed by atoms with Crippen LogP contribution in [0.25, 0.3) is 0 Å². The van der Waals surface area contributed by atoms with Gasteiger partial charge in [-0.25, -0.2) is 0 Å². The van der Waals surface area contributed by atoms with Crippen LogP contribution in [0.2, 0.25) is 0 Å². The van der Waals surface area contributed by atoms with Crippen LogP contribution in [0.4, 0.5) is 11.4 Å². The van der Waals surface area contributed by atoms with Crippen molar-refractivity contribution in [1.29, 1.82) is 0 Å². The first-order valence-electron chi connectivity index (χ1n) is 5.07. The van der Waals surface area contributed by atoms with E-state index in [4.69, 9.17) is 10.5 Å². The molecule has 4 nitrogen and oxygen atoms in total. The van der Waals surface area contributed by atoms with E-state index in [1.807, 2.05) is 6.08 Å². The predicted octanol–water partition coefficient (Wildman–Crippen LogP) is 2.43. The van der Waals surface area contributed by atoms with Crippen molar-refractivity contribution < 1.29 is 4.74 Å². The number of nitrogens with zero attached hydrogens (tertiary/aromatic N) is 1. The SMILES string of the molecule is C=CCCOCCNc1c(N)cncc1Br. The number of nitrogen functional groups attached to an aromatic ring is 1. The van der Waals surface area contributed by atoms with E-state index in [1.165, 1.54) is 0 Å². The number of nitrogens with two attached hydrogens (primary N) is 1. The summed E-state index contributed by atoms with van der Waals surface area (Å²) in [5, 5.41) is 3.20. The Morgan fingerprint density at radius 3 is 3.00 bits per heavy atom. The van der Waals surface area contributed by atoms with Crippen LogP contribution in [0.5, 0.6) is 0 Å². The summed E-state index contributed by atoms with van der Waals surface area (Å²) in [5.41, 5.74) is 7.26. The van der Waals surface area contributed by atoms with Crippen LogP contribution in [0, 0.1) is 0 Å². The van der Waals surface area contributed by atoms with Gasteiger partial charge >= 0.3 is 0 Å². The van der Waals surface area contributed by atoms with Gasteiger partial charge in [-0.15, -0.1) is 6.58 Å². The van der Waals surface area contributed by atoms with Crippen LogP contribution < -0.4 is 11.1 Å². The summed E-state index contributed by atoms with van der Waals surface area (Å²) in [5.74, 6) is 0. The van der Waals surface area contributed by atoms with E-state index in [0.717, 1.165) is 16.6 Å². The zero-order valence-corrected chi connectivity index (χ0v) is 10.7. The molecule has 0 aliphatic heterocycles. The Bertz CT molecular complexity index is 324. The van der Waals surface area contributed by atoms with Crippen LogP contribution in [0.1, 0.15) is 6.42 Å². The molecule has 1 aromatic rings. The maximum absolute atomic E-state index is 5.77. The molecule has 1 rings (SSSR count). The number of ether oxygens (including phenoxy) is 1. The van der Waals surface area contributed by atoms with Gasteiger partial charge < -0.3 is 15.8 Å². The van der Waals surface area contributed by atoms with Crippen molar-refractivity contribution >= 4 is 27.3 Å². The van der Waals surface area contributed by atoms with Gasteiger partial charge in [0.15, 0.2) is 0 Å². The third kappa shape index (κ3) is 4.20. The topological polar surface area (TPSA) is 60.2 Å². The van der Waals surface area contributed by atoms with Gasteiger partial charge in [0.1, 0.15) is 0 Å². The molecule has 0 atom stereocenters. The molecular weight excluding hydrogens is 270 g/mol. The Balaban J connectivity index is 2.29. The lowest BCUT2D eigenvalue weighted by molar-refractivity contribution is 0.149. The van der Waals surface area contributed by atoms with Crippen molar-refractivity contribution in [2.75, 3.05) is 30.8 Å². The standard InChI is InChI=1S/C11H16BrN3O/c1-2-3-5-16-6-4-15-11-9(12)7-14-8-10(11)13/h2,7-8H,1,3-6,13H2,(H,14,15). The van der Waals surface area contributed by atoms with Gasteiger partial charge in [0.05, 0.1) is 35.3 Å². The highest BCUT2D eigenvalue weighted by Crippen LogP contribution is 2.26. The zero-order valence-electron chi connectivity index (χ0n) is 9.08. The largest absolute Gasteiger partial charge is 0.396 e. The molecule has 88 valence electrons. The quantitative estimate of drug-likeness (QED) is 0.597. The Morgan fingerprint density at radius 1 is 1.50 bits per heavy atom. The van der Waals surface area contributed by atoms with Crippen LogP contribution >= 0.6 is 15.9 Å². The number of anilines is 2. The second-order valence-electron chi connectivity index (χ2n) is 3.20. The summed E-state index contributed by atoms with van der Waals surface area (Å²) in [6.07, 6.45) is 6.04. The van der Waals surface area contributed by atoms with E-state index in [2.05, 4.69) is 32.8 Å². The Kier molecular flexibility index (Phi) is 5.88. The highest BCUT2D eigenvalue weighted by atomic mass is 79.9. The van der Waals surface area contributed by atoms with E-state index in [1.54, 1.807) is 12.4 Å². The normalized spacial score (nSPS) is 10.1. The summed E-state index contributed by atoms with van der Waals surface area (Å²) in [6.45, 7) is 5.68. The first-order valence-corrected chi connectivity index (χ1v) is 5.86. The third-order valence-electron chi connectivity index (χ3n) is 1.94. The van der Waals surface area contributed by atoms with Crippen molar-refractivity contribution in [2.45, 2.75) is 6.42 Å². The van der Waals surface area contributed by atoms with Crippen molar-refractivity contribution in [2.24, 2.45) is 0 Å². The molecule has 0 aliphatic carbocycles. The van der Waals surface area contributed by atoms with Crippen LogP contribution in [-0.2, 0) is 4.74 Å². The van der Waals surface area contributed by atoms with Crippen LogP contribution in [0.15, 0.2) is 29.5 Å². The zero-order chi connectivity index (χ0) is 11.8. The molecule has 1 heterocycles. The fourth-order valence-corrected chi connectivity index (χ4v) is 1.64. The van der Waals surface area contributed by atoms with E-state index >= 15 is 0 Å². The second kappa shape index (κ2) is 7.24. The number of rotatable bonds is 7. The van der Waals surface area contributed by atoms with Gasteiger partial charge in [-0.05, 0) is 22.4 Å². The van der Waals surface area contributed by atoms with E-state index in [-0.39, 0.29) is 0 Å². The molecule has 5 heteroatoms. The number of aromatic nitrogens is 1. The highest BCUT2D eigenvalue weighted by molar-refractivity contribution is 9.10. The number of pyridine rings is 1. The average molecular weight is 286 g/mol. The number of nitrogens with one attached hydrogen (secondary N) is 1. The lowest BCUT2D eigenvalue weighted by Gasteiger charge is -2.10. The van der Waals surface area contributed by atoms with Gasteiger partial charge in [0.25, 0.3) is 0 Å². The van der Waals surface area contributed by atoms with Gasteiger partial charge in [-0.1, -0.05) is 6.08 Å². The molecule has 1 aromatic heterocycles. The van der Waals surface area contributed by atoms with Gasteiger partial charge in [-0.2, -0.15) is 0 Å². The summed E-state index contributed by atoms with van der Waals surface area (Å²) in [4.78, 5) is 3.96. The Labute approximate surface area is 104 Å². The molecule has 3 N–H and O–H groups in total. The van der Waals surface area contributed by atoms with Gasteiger partial charge in [-0.3, -0.25) is 4.98 Å². The van der Waals surface area contributed by atoms with Crippen molar-refractivity contribution in [1.82, 2.24) is 4.98 Å². The summed E-state index contributed by atoms with van der Waals surface area (Å²) in [7, 11) is 0. The molecule has 0 bridgehead atoms. The van der Waals surface area contributed by atoms with E-state index in [9.17, 15) is 0 Å². The summed E-state index contributed by atoms with van der Waals surface area (Å²) >= 11 is 3.38. The molecule has 0 radical (unpaired) electrons. The maximum Gasteiger partial charge on any atom is 0.0750 e. The molecule has 16 heavy (non-hydrogen) atoms. The molecule has 0 aliphatic rings. The fourth-order valence-electron chi connectivity index (χ4n) is 1.15. The van der Waals surface area contributed by atoms with E-state index in [0.29, 0.717) is 25.4 Å². The Hall–Kier alpha value is -1.07. The monoisotopic (exact) mass is 285 g/mol. The van der Waals surface area contributed by atoms with Gasteiger partial charge in [0, 0.05) is 12.7 Å². The highest BCUT2D eigenvalue weighted by Gasteiger charge is 2.03. The Morgan fingerprint density at radius 2 is 2.31 bits per heavy atom. The van der Waals surface area contributed by atoms with E-state index < -0.39 is 0 Å². The first-order chi connectivity index (χ1) is 7.75. The van der Waals surface area contributed by atoms with Crippen molar-refractivity contribution in [3.63, 3.8) is 0 Å². The molecular formula is C11H16BrN3O. The van der Waals surface area contributed by atoms with Crippen molar-refractivity contribution in [3.05, 3.63) is 29.5 Å². The number of halogens is 1. The lowest BCUT2D eigenvalue weighted by Crippen LogP contribution is -2.11. The molecule has 0 unspecified atom stereocenters. The minimum absolute atomic E-state index is 0.625. The average Bonchev–Trinajstić information content (AvgIpc) is 2.26. The minimum Gasteiger partial charge on any atom is -0.396 e. The predicted molar refractivity (Wildman–Crippen MR) is 70.5 cm³/mol. The molecule has 0 saturated heterocycles. The molecule has 0 spiro atoms. The smallest absolute Gasteiger partial charge is 0.0750 e. The third-order valence-corrected chi connectivity index (χ3v) is 2.54.